The molecule has 1 spiro atoms. The first-order chi connectivity index (χ1) is 21.7. The molecule has 1 aromatic carbocycles. The number of nitrogens with zero attached hydrogens (tertiary/aromatic N) is 5. The van der Waals surface area contributed by atoms with Gasteiger partial charge in [-0.2, -0.15) is 0 Å². The maximum Gasteiger partial charge on any atom is 0.320 e. The Morgan fingerprint density at radius 2 is 1.76 bits per heavy atom. The number of fused-ring (bicyclic) bond motifs is 1. The van der Waals surface area contributed by atoms with Crippen LogP contribution in [0, 0.1) is 23.4 Å². The standard InChI is InChI=1S/C33H37F3N6O3/c34-23-5-7-27(36)26(15-23)28-16-25(38-30(43)21-3-4-21)9-12-41(28)32(45)39-13-14-40(33(20-39)10-1-2-11-33)18-22-17-37-29-8-6-24(35)19-42(29)31(22)44/h5-8,15,17,19,21,25,28H,1-4,9-14,16,18,20H2,(H,38,43)/t25-,28+/m1/s1. The molecule has 2 saturated heterocycles. The van der Waals surface area contributed by atoms with E-state index in [1.54, 1.807) is 11.1 Å². The van der Waals surface area contributed by atoms with E-state index in [0.29, 0.717) is 56.8 Å². The van der Waals surface area contributed by atoms with E-state index < -0.39 is 23.5 Å². The minimum absolute atomic E-state index is 0.0103. The highest BCUT2D eigenvalue weighted by Crippen LogP contribution is 2.41. The number of rotatable bonds is 5. The molecule has 3 amide bonds. The van der Waals surface area contributed by atoms with Crippen LogP contribution < -0.4 is 10.9 Å². The number of hydrogen-bond acceptors (Lipinski definition) is 5. The van der Waals surface area contributed by atoms with Crippen LogP contribution in [0.15, 0.2) is 47.5 Å². The molecule has 7 rings (SSSR count). The molecule has 12 heteroatoms. The van der Waals surface area contributed by atoms with E-state index in [1.165, 1.54) is 16.5 Å². The predicted molar refractivity (Wildman–Crippen MR) is 160 cm³/mol. The zero-order chi connectivity index (χ0) is 31.3. The number of benzene rings is 1. The molecule has 2 saturated carbocycles. The van der Waals surface area contributed by atoms with Crippen LogP contribution in [0.2, 0.25) is 0 Å². The van der Waals surface area contributed by atoms with Gasteiger partial charge in [-0.1, -0.05) is 12.8 Å². The van der Waals surface area contributed by atoms with Gasteiger partial charge >= 0.3 is 6.03 Å². The molecule has 2 aromatic heterocycles. The van der Waals surface area contributed by atoms with E-state index in [4.69, 9.17) is 0 Å². The fourth-order valence-corrected chi connectivity index (χ4v) is 7.57. The molecule has 4 fully saturated rings. The van der Waals surface area contributed by atoms with Gasteiger partial charge in [0.05, 0.1) is 11.6 Å². The highest BCUT2D eigenvalue weighted by Gasteiger charge is 2.47. The van der Waals surface area contributed by atoms with E-state index in [0.717, 1.165) is 62.9 Å². The van der Waals surface area contributed by atoms with Crippen molar-refractivity contribution in [2.45, 2.75) is 75.5 Å². The average molecular weight is 623 g/mol. The number of hydrogen-bond donors (Lipinski definition) is 1. The number of piperidine rings is 1. The summed E-state index contributed by atoms with van der Waals surface area (Å²) in [6.07, 6.45) is 8.94. The molecule has 2 aliphatic carbocycles. The summed E-state index contributed by atoms with van der Waals surface area (Å²) in [6, 6.07) is 4.85. The monoisotopic (exact) mass is 622 g/mol. The van der Waals surface area contributed by atoms with Crippen LogP contribution in [0.4, 0.5) is 18.0 Å². The van der Waals surface area contributed by atoms with Gasteiger partial charge in [0.2, 0.25) is 5.91 Å². The molecule has 1 N–H and O–H groups in total. The van der Waals surface area contributed by atoms with Crippen molar-refractivity contribution in [1.29, 1.82) is 0 Å². The summed E-state index contributed by atoms with van der Waals surface area (Å²) >= 11 is 0. The van der Waals surface area contributed by atoms with Crippen molar-refractivity contribution >= 4 is 17.6 Å². The van der Waals surface area contributed by atoms with Crippen molar-refractivity contribution in [2.75, 3.05) is 26.2 Å². The largest absolute Gasteiger partial charge is 0.353 e. The number of nitrogens with one attached hydrogen (secondary N) is 1. The third kappa shape index (κ3) is 5.80. The molecule has 2 atom stereocenters. The predicted octanol–water partition coefficient (Wildman–Crippen LogP) is 4.39. The lowest BCUT2D eigenvalue weighted by Gasteiger charge is -2.51. The molecule has 9 nitrogen and oxygen atoms in total. The lowest BCUT2D eigenvalue weighted by atomic mass is 9.90. The molecule has 45 heavy (non-hydrogen) atoms. The Kier molecular flexibility index (Phi) is 7.79. The molecule has 3 aromatic rings. The van der Waals surface area contributed by atoms with Crippen molar-refractivity contribution < 1.29 is 22.8 Å². The van der Waals surface area contributed by atoms with E-state index in [-0.39, 0.29) is 40.6 Å². The van der Waals surface area contributed by atoms with Gasteiger partial charge in [-0.3, -0.25) is 18.9 Å². The van der Waals surface area contributed by atoms with Crippen LogP contribution in [0.1, 0.15) is 68.5 Å². The number of aromatic nitrogens is 2. The highest BCUT2D eigenvalue weighted by atomic mass is 19.1. The highest BCUT2D eigenvalue weighted by molar-refractivity contribution is 5.81. The maximum atomic E-state index is 15.1. The first-order valence-corrected chi connectivity index (χ1v) is 15.9. The molecule has 0 bridgehead atoms. The van der Waals surface area contributed by atoms with Crippen LogP contribution in [0.5, 0.6) is 0 Å². The van der Waals surface area contributed by atoms with Crippen LogP contribution in [0.3, 0.4) is 0 Å². The summed E-state index contributed by atoms with van der Waals surface area (Å²) in [4.78, 5) is 50.1. The average Bonchev–Trinajstić information content (AvgIpc) is 3.80. The number of likely N-dealkylation sites (tertiary alicyclic amines) is 1. The van der Waals surface area contributed by atoms with Crippen LogP contribution in [-0.4, -0.2) is 73.8 Å². The van der Waals surface area contributed by atoms with E-state index in [2.05, 4.69) is 15.2 Å². The second-order valence-electron chi connectivity index (χ2n) is 13.1. The summed E-state index contributed by atoms with van der Waals surface area (Å²) in [7, 11) is 0. The topological polar surface area (TPSA) is 90.3 Å². The minimum atomic E-state index is -0.729. The van der Waals surface area contributed by atoms with Crippen molar-refractivity contribution in [3.05, 3.63) is 81.7 Å². The second-order valence-corrected chi connectivity index (χ2v) is 13.1. The second kappa shape index (κ2) is 11.8. The smallest absolute Gasteiger partial charge is 0.320 e. The lowest BCUT2D eigenvalue weighted by Crippen LogP contribution is -2.64. The van der Waals surface area contributed by atoms with Crippen LogP contribution >= 0.6 is 0 Å². The number of pyridine rings is 1. The van der Waals surface area contributed by atoms with Gasteiger partial charge in [0.15, 0.2) is 0 Å². The number of amides is 3. The Morgan fingerprint density at radius 3 is 2.53 bits per heavy atom. The zero-order valence-corrected chi connectivity index (χ0v) is 25.1. The van der Waals surface area contributed by atoms with Gasteiger partial charge < -0.3 is 15.1 Å². The van der Waals surface area contributed by atoms with E-state index >= 15 is 4.39 Å². The summed E-state index contributed by atoms with van der Waals surface area (Å²) in [5, 5.41) is 3.07. The van der Waals surface area contributed by atoms with Gasteiger partial charge in [0.1, 0.15) is 23.1 Å². The Labute approximate surface area is 259 Å². The molecular formula is C33H37F3N6O3. The molecule has 0 unspecified atom stereocenters. The van der Waals surface area contributed by atoms with Gasteiger partial charge in [-0.15, -0.1) is 0 Å². The summed E-state index contributed by atoms with van der Waals surface area (Å²) in [5.74, 6) is -1.67. The number of carbonyl (C=O) groups is 2. The van der Waals surface area contributed by atoms with E-state index in [1.807, 2.05) is 4.90 Å². The van der Waals surface area contributed by atoms with Crippen molar-refractivity contribution in [1.82, 2.24) is 29.4 Å². The number of piperazine rings is 1. The molecular weight excluding hydrogens is 585 g/mol. The fourth-order valence-electron chi connectivity index (χ4n) is 7.57. The Balaban J connectivity index is 1.12. The normalized spacial score (nSPS) is 23.5. The fraction of sp³-hybridized carbons (Fsp3) is 0.515. The van der Waals surface area contributed by atoms with Gasteiger partial charge in [0, 0.05) is 68.2 Å². The quantitative estimate of drug-likeness (QED) is 0.456. The third-order valence-corrected chi connectivity index (χ3v) is 10.2. The minimum Gasteiger partial charge on any atom is -0.353 e. The van der Waals surface area contributed by atoms with Crippen LogP contribution in [0.25, 0.3) is 5.65 Å². The van der Waals surface area contributed by atoms with Gasteiger partial charge in [-0.05, 0) is 68.9 Å². The Morgan fingerprint density at radius 1 is 0.978 bits per heavy atom. The molecule has 238 valence electrons. The summed E-state index contributed by atoms with van der Waals surface area (Å²) in [5.41, 5.74) is 0.279. The van der Waals surface area contributed by atoms with Crippen LogP contribution in [-0.2, 0) is 11.3 Å². The van der Waals surface area contributed by atoms with E-state index in [9.17, 15) is 23.2 Å². The Hall–Kier alpha value is -3.93. The zero-order valence-electron chi connectivity index (χ0n) is 25.1. The lowest BCUT2D eigenvalue weighted by molar-refractivity contribution is -0.123. The first-order valence-electron chi connectivity index (χ1n) is 15.9. The summed E-state index contributed by atoms with van der Waals surface area (Å²) < 4.78 is 44.6. The maximum absolute atomic E-state index is 15.1. The third-order valence-electron chi connectivity index (χ3n) is 10.2. The van der Waals surface area contributed by atoms with Crippen molar-refractivity contribution in [3.8, 4) is 0 Å². The SMILES string of the molecule is O=C(N[C@@H]1CCN(C(=O)N2CCN(Cc3cnc4ccc(F)cn4c3=O)C3(CCCC3)C2)[C@H](c2cc(F)ccc2F)C1)C1CC1. The van der Waals surface area contributed by atoms with Gasteiger partial charge in [0.25, 0.3) is 5.56 Å². The van der Waals surface area contributed by atoms with Gasteiger partial charge in [-0.25, -0.2) is 22.9 Å². The summed E-state index contributed by atoms with van der Waals surface area (Å²) in [6.45, 7) is 1.99. The Bertz CT molecular complexity index is 1690. The van der Waals surface area contributed by atoms with Crippen molar-refractivity contribution in [3.63, 3.8) is 0 Å². The first kappa shape index (κ1) is 29.8. The molecule has 4 heterocycles. The van der Waals surface area contributed by atoms with Crippen molar-refractivity contribution in [2.24, 2.45) is 5.92 Å². The number of carbonyl (C=O) groups excluding carboxylic acids is 2. The molecule has 0 radical (unpaired) electrons. The molecule has 4 aliphatic rings. The molecule has 2 aliphatic heterocycles. The number of urea groups is 1. The number of halogens is 3.